The van der Waals surface area contributed by atoms with Crippen LogP contribution in [-0.2, 0) is 13.0 Å². The molecule has 0 bridgehead atoms. The van der Waals surface area contributed by atoms with E-state index in [0.29, 0.717) is 23.5 Å². The summed E-state index contributed by atoms with van der Waals surface area (Å²) in [6.07, 6.45) is 3.84. The minimum Gasteiger partial charge on any atom is -0.493 e. The van der Waals surface area contributed by atoms with Crippen molar-refractivity contribution >= 4 is 11.6 Å². The molecule has 31 heavy (non-hydrogen) atoms. The SMILES string of the molecule is C=CCc1cc(C=C(C#N)c2ccccc2F)cc(OC)c1OCc1ccc(F)cc1. The molecular weight excluding hydrogens is 396 g/mol. The summed E-state index contributed by atoms with van der Waals surface area (Å²) in [5.74, 6) is 0.229. The Kier molecular flexibility index (Phi) is 7.18. The molecule has 0 heterocycles. The first-order valence-corrected chi connectivity index (χ1v) is 9.61. The van der Waals surface area contributed by atoms with Gasteiger partial charge in [-0.25, -0.2) is 8.78 Å². The summed E-state index contributed by atoms with van der Waals surface area (Å²) in [7, 11) is 1.52. The predicted octanol–water partition coefficient (Wildman–Crippen LogP) is 6.35. The van der Waals surface area contributed by atoms with E-state index in [-0.39, 0.29) is 23.6 Å². The molecule has 3 nitrogen and oxygen atoms in total. The van der Waals surface area contributed by atoms with Gasteiger partial charge < -0.3 is 9.47 Å². The Balaban J connectivity index is 1.99. The van der Waals surface area contributed by atoms with E-state index < -0.39 is 5.82 Å². The number of methoxy groups -OCH3 is 1. The molecule has 0 N–H and O–H groups in total. The fourth-order valence-corrected chi connectivity index (χ4v) is 3.14. The third-order valence-electron chi connectivity index (χ3n) is 4.63. The first kappa shape index (κ1) is 21.8. The molecule has 0 saturated carbocycles. The van der Waals surface area contributed by atoms with Crippen molar-refractivity contribution in [3.63, 3.8) is 0 Å². The maximum Gasteiger partial charge on any atom is 0.165 e. The lowest BCUT2D eigenvalue weighted by Gasteiger charge is -2.16. The monoisotopic (exact) mass is 417 g/mol. The second kappa shape index (κ2) is 10.2. The van der Waals surface area contributed by atoms with E-state index >= 15 is 0 Å². The Morgan fingerprint density at radius 3 is 2.48 bits per heavy atom. The smallest absolute Gasteiger partial charge is 0.165 e. The fraction of sp³-hybridized carbons (Fsp3) is 0.115. The summed E-state index contributed by atoms with van der Waals surface area (Å²) < 4.78 is 38.8. The quantitative estimate of drug-likeness (QED) is 0.244. The van der Waals surface area contributed by atoms with Crippen LogP contribution >= 0.6 is 0 Å². The lowest BCUT2D eigenvalue weighted by Crippen LogP contribution is -2.02. The minimum atomic E-state index is -0.465. The van der Waals surface area contributed by atoms with Crippen molar-refractivity contribution in [2.24, 2.45) is 0 Å². The largest absolute Gasteiger partial charge is 0.493 e. The van der Waals surface area contributed by atoms with E-state index in [2.05, 4.69) is 12.6 Å². The number of hydrogen-bond acceptors (Lipinski definition) is 3. The van der Waals surface area contributed by atoms with Crippen LogP contribution in [0.25, 0.3) is 11.6 Å². The first-order chi connectivity index (χ1) is 15.0. The average molecular weight is 417 g/mol. The maximum absolute atomic E-state index is 14.2. The molecule has 0 aliphatic carbocycles. The Labute approximate surface area is 180 Å². The molecule has 0 atom stereocenters. The van der Waals surface area contributed by atoms with Crippen molar-refractivity contribution in [2.75, 3.05) is 7.11 Å². The van der Waals surface area contributed by atoms with Gasteiger partial charge in [0.05, 0.1) is 18.8 Å². The predicted molar refractivity (Wildman–Crippen MR) is 118 cm³/mol. The van der Waals surface area contributed by atoms with Crippen LogP contribution in [0.15, 0.2) is 73.3 Å². The van der Waals surface area contributed by atoms with Crippen LogP contribution in [0.1, 0.15) is 22.3 Å². The first-order valence-electron chi connectivity index (χ1n) is 9.61. The molecule has 5 heteroatoms. The number of ether oxygens (including phenoxy) is 2. The second-order valence-electron chi connectivity index (χ2n) is 6.77. The molecule has 3 aromatic rings. The molecule has 0 aliphatic rings. The van der Waals surface area contributed by atoms with E-state index in [1.807, 2.05) is 6.07 Å². The Morgan fingerprint density at radius 2 is 1.84 bits per heavy atom. The fourth-order valence-electron chi connectivity index (χ4n) is 3.14. The van der Waals surface area contributed by atoms with E-state index in [1.165, 1.54) is 25.3 Å². The summed E-state index contributed by atoms with van der Waals surface area (Å²) in [6.45, 7) is 4.02. The molecule has 0 unspecified atom stereocenters. The Morgan fingerprint density at radius 1 is 1.10 bits per heavy atom. The molecule has 3 rings (SSSR count). The van der Waals surface area contributed by atoms with Gasteiger partial charge in [-0.3, -0.25) is 0 Å². The van der Waals surface area contributed by atoms with Crippen LogP contribution < -0.4 is 9.47 Å². The summed E-state index contributed by atoms with van der Waals surface area (Å²) in [5, 5.41) is 9.57. The molecule has 0 spiro atoms. The van der Waals surface area contributed by atoms with Crippen LogP contribution in [-0.4, -0.2) is 7.11 Å². The number of rotatable bonds is 8. The van der Waals surface area contributed by atoms with Crippen molar-refractivity contribution in [1.82, 2.24) is 0 Å². The van der Waals surface area contributed by atoms with Gasteiger partial charge in [-0.05, 0) is 54.0 Å². The van der Waals surface area contributed by atoms with Crippen LogP contribution in [0.4, 0.5) is 8.78 Å². The number of allylic oxidation sites excluding steroid dienone is 2. The minimum absolute atomic E-state index is 0.199. The van der Waals surface area contributed by atoms with Crippen LogP contribution in [0.3, 0.4) is 0 Å². The highest BCUT2D eigenvalue weighted by molar-refractivity contribution is 5.90. The average Bonchev–Trinajstić information content (AvgIpc) is 2.78. The molecule has 0 saturated heterocycles. The van der Waals surface area contributed by atoms with E-state index in [0.717, 1.165) is 11.1 Å². The van der Waals surface area contributed by atoms with Gasteiger partial charge in [0.25, 0.3) is 0 Å². The van der Waals surface area contributed by atoms with E-state index in [4.69, 9.17) is 9.47 Å². The zero-order chi connectivity index (χ0) is 22.2. The van der Waals surface area contributed by atoms with Crippen molar-refractivity contribution in [2.45, 2.75) is 13.0 Å². The van der Waals surface area contributed by atoms with Crippen molar-refractivity contribution in [3.8, 4) is 17.6 Å². The molecule has 0 fully saturated rings. The van der Waals surface area contributed by atoms with Gasteiger partial charge in [-0.15, -0.1) is 6.58 Å². The summed E-state index contributed by atoms with van der Waals surface area (Å²) in [4.78, 5) is 0. The van der Waals surface area contributed by atoms with E-state index in [1.54, 1.807) is 48.6 Å². The van der Waals surface area contributed by atoms with Gasteiger partial charge >= 0.3 is 0 Å². The normalized spacial score (nSPS) is 11.0. The van der Waals surface area contributed by atoms with Crippen LogP contribution in [0, 0.1) is 23.0 Å². The van der Waals surface area contributed by atoms with Gasteiger partial charge in [0.1, 0.15) is 18.2 Å². The molecule has 0 amide bonds. The maximum atomic E-state index is 14.2. The summed E-state index contributed by atoms with van der Waals surface area (Å²) in [5.41, 5.74) is 2.70. The summed E-state index contributed by atoms with van der Waals surface area (Å²) >= 11 is 0. The van der Waals surface area contributed by atoms with Gasteiger partial charge in [-0.1, -0.05) is 36.4 Å². The molecule has 156 valence electrons. The van der Waals surface area contributed by atoms with Gasteiger partial charge in [0, 0.05) is 11.1 Å². The number of halogens is 2. The second-order valence-corrected chi connectivity index (χ2v) is 6.77. The summed E-state index contributed by atoms with van der Waals surface area (Å²) in [6, 6.07) is 17.8. The van der Waals surface area contributed by atoms with Crippen LogP contribution in [0.5, 0.6) is 11.5 Å². The molecule has 3 aromatic carbocycles. The van der Waals surface area contributed by atoms with Gasteiger partial charge in [0.2, 0.25) is 0 Å². The number of benzene rings is 3. The molecular formula is C26H21F2NO2. The molecule has 0 aromatic heterocycles. The van der Waals surface area contributed by atoms with Gasteiger partial charge in [0.15, 0.2) is 11.5 Å². The third kappa shape index (κ3) is 5.37. The number of nitriles is 1. The van der Waals surface area contributed by atoms with Gasteiger partial charge in [-0.2, -0.15) is 5.26 Å². The van der Waals surface area contributed by atoms with Crippen molar-refractivity contribution in [3.05, 3.63) is 107 Å². The molecule has 0 radical (unpaired) electrons. The highest BCUT2D eigenvalue weighted by atomic mass is 19.1. The highest BCUT2D eigenvalue weighted by Gasteiger charge is 2.14. The number of hydrogen-bond donors (Lipinski definition) is 0. The zero-order valence-electron chi connectivity index (χ0n) is 17.1. The molecule has 0 aliphatic heterocycles. The topological polar surface area (TPSA) is 42.2 Å². The standard InChI is InChI=1S/C26H21F2NO2/c1-3-6-20-13-19(14-21(16-29)23-7-4-5-8-24(23)28)15-25(30-2)26(20)31-17-18-9-11-22(27)12-10-18/h3-5,7-15H,1,6,17H2,2H3. The zero-order valence-corrected chi connectivity index (χ0v) is 17.1. The lowest BCUT2D eigenvalue weighted by atomic mass is 10.0. The van der Waals surface area contributed by atoms with Crippen molar-refractivity contribution < 1.29 is 18.3 Å². The highest BCUT2D eigenvalue weighted by Crippen LogP contribution is 2.35. The Hall–Kier alpha value is -3.91. The van der Waals surface area contributed by atoms with E-state index in [9.17, 15) is 14.0 Å². The lowest BCUT2D eigenvalue weighted by molar-refractivity contribution is 0.282. The Bertz CT molecular complexity index is 1150. The van der Waals surface area contributed by atoms with Crippen molar-refractivity contribution in [1.29, 1.82) is 5.26 Å². The number of nitrogens with zero attached hydrogens (tertiary/aromatic N) is 1. The third-order valence-corrected chi connectivity index (χ3v) is 4.63. The van der Waals surface area contributed by atoms with Crippen LogP contribution in [0.2, 0.25) is 0 Å².